The van der Waals surface area contributed by atoms with Gasteiger partial charge in [-0.25, -0.2) is 9.07 Å². The quantitative estimate of drug-likeness (QED) is 0.882. The van der Waals surface area contributed by atoms with E-state index < -0.39 is 0 Å². The van der Waals surface area contributed by atoms with Gasteiger partial charge in [0.2, 0.25) is 0 Å². The molecule has 0 saturated heterocycles. The van der Waals surface area contributed by atoms with Gasteiger partial charge in [-0.1, -0.05) is 12.1 Å². The molecule has 0 saturated carbocycles. The van der Waals surface area contributed by atoms with Crippen LogP contribution in [0.25, 0.3) is 11.3 Å². The normalized spacial score (nSPS) is 10.8. The molecule has 0 unspecified atom stereocenters. The molecule has 5 heteroatoms. The molecule has 0 spiro atoms. The van der Waals surface area contributed by atoms with Crippen molar-refractivity contribution in [3.05, 3.63) is 35.8 Å². The van der Waals surface area contributed by atoms with Crippen LogP contribution in [0.3, 0.4) is 0 Å². The summed E-state index contributed by atoms with van der Waals surface area (Å²) in [7, 11) is 1.80. The van der Waals surface area contributed by atoms with Crippen molar-refractivity contribution in [2.24, 2.45) is 0 Å². The number of halogens is 1. The summed E-state index contributed by atoms with van der Waals surface area (Å²) in [5, 5.41) is 10.9. The highest BCUT2D eigenvalue weighted by molar-refractivity contribution is 5.59. The number of nitrogens with zero attached hydrogens (tertiary/aromatic N) is 3. The largest absolute Gasteiger partial charge is 0.316 e. The van der Waals surface area contributed by atoms with Crippen molar-refractivity contribution >= 4 is 0 Å². The van der Waals surface area contributed by atoms with Crippen molar-refractivity contribution in [3.63, 3.8) is 0 Å². The second-order valence-corrected chi connectivity index (χ2v) is 4.18. The van der Waals surface area contributed by atoms with Gasteiger partial charge in [0.25, 0.3) is 0 Å². The van der Waals surface area contributed by atoms with Crippen molar-refractivity contribution in [2.75, 3.05) is 7.05 Å². The number of aromatic nitrogens is 3. The topological polar surface area (TPSA) is 42.7 Å². The van der Waals surface area contributed by atoms with Gasteiger partial charge >= 0.3 is 0 Å². The lowest BCUT2D eigenvalue weighted by Crippen LogP contribution is -2.07. The standard InChI is InChI=1S/C13H17FN4/c1-3-6-18-13(9-16-17-18)10-4-5-12(14)11(7-10)8-15-2/h4-5,7,9,15H,3,6,8H2,1-2H3. The highest BCUT2D eigenvalue weighted by atomic mass is 19.1. The smallest absolute Gasteiger partial charge is 0.127 e. The summed E-state index contributed by atoms with van der Waals surface area (Å²) >= 11 is 0. The van der Waals surface area contributed by atoms with Gasteiger partial charge in [-0.15, -0.1) is 5.10 Å². The monoisotopic (exact) mass is 248 g/mol. The van der Waals surface area contributed by atoms with Crippen molar-refractivity contribution in [1.29, 1.82) is 0 Å². The Labute approximate surface area is 106 Å². The van der Waals surface area contributed by atoms with Gasteiger partial charge in [0.05, 0.1) is 11.9 Å². The molecule has 0 bridgehead atoms. The summed E-state index contributed by atoms with van der Waals surface area (Å²) in [6.07, 6.45) is 2.70. The molecule has 0 aliphatic rings. The van der Waals surface area contributed by atoms with Crippen LogP contribution >= 0.6 is 0 Å². The van der Waals surface area contributed by atoms with Gasteiger partial charge in [0.1, 0.15) is 5.82 Å². The van der Waals surface area contributed by atoms with Crippen LogP contribution in [0.1, 0.15) is 18.9 Å². The van der Waals surface area contributed by atoms with E-state index in [-0.39, 0.29) is 5.82 Å². The average Bonchev–Trinajstić information content (AvgIpc) is 2.81. The summed E-state index contributed by atoms with van der Waals surface area (Å²) in [4.78, 5) is 0. The highest BCUT2D eigenvalue weighted by Crippen LogP contribution is 2.21. The molecule has 18 heavy (non-hydrogen) atoms. The van der Waals surface area contributed by atoms with E-state index in [2.05, 4.69) is 22.6 Å². The lowest BCUT2D eigenvalue weighted by atomic mass is 10.1. The molecule has 0 aliphatic carbocycles. The lowest BCUT2D eigenvalue weighted by Gasteiger charge is -2.08. The SMILES string of the molecule is CCCn1nncc1-c1ccc(F)c(CNC)c1. The van der Waals surface area contributed by atoms with Crippen LogP contribution in [-0.4, -0.2) is 22.0 Å². The van der Waals surface area contributed by atoms with E-state index in [9.17, 15) is 4.39 Å². The fourth-order valence-corrected chi connectivity index (χ4v) is 1.92. The molecule has 96 valence electrons. The molecule has 2 rings (SSSR count). The molecule has 0 aliphatic heterocycles. The molecular weight excluding hydrogens is 231 g/mol. The number of rotatable bonds is 5. The second kappa shape index (κ2) is 5.73. The molecule has 0 fully saturated rings. The predicted molar refractivity (Wildman–Crippen MR) is 68.5 cm³/mol. The minimum atomic E-state index is -0.192. The van der Waals surface area contributed by atoms with Gasteiger partial charge in [-0.05, 0) is 31.7 Å². The maximum atomic E-state index is 13.6. The molecule has 0 atom stereocenters. The number of aryl methyl sites for hydroxylation is 1. The molecule has 2 aromatic rings. The average molecular weight is 248 g/mol. The molecule has 1 aromatic carbocycles. The minimum absolute atomic E-state index is 0.192. The third kappa shape index (κ3) is 2.56. The maximum absolute atomic E-state index is 13.6. The maximum Gasteiger partial charge on any atom is 0.127 e. The molecule has 1 N–H and O–H groups in total. The Morgan fingerprint density at radius 2 is 2.22 bits per heavy atom. The summed E-state index contributed by atoms with van der Waals surface area (Å²) in [5.41, 5.74) is 2.52. The van der Waals surface area contributed by atoms with Crippen molar-refractivity contribution in [3.8, 4) is 11.3 Å². The Balaban J connectivity index is 2.38. The number of hydrogen-bond donors (Lipinski definition) is 1. The van der Waals surface area contributed by atoms with Crippen LogP contribution in [-0.2, 0) is 13.1 Å². The van der Waals surface area contributed by atoms with Crippen molar-refractivity contribution in [2.45, 2.75) is 26.4 Å². The van der Waals surface area contributed by atoms with Gasteiger partial charge < -0.3 is 5.32 Å². The first-order valence-electron chi connectivity index (χ1n) is 6.08. The van der Waals surface area contributed by atoms with Crippen LogP contribution < -0.4 is 5.32 Å². The summed E-state index contributed by atoms with van der Waals surface area (Å²) in [6.45, 7) is 3.41. The number of benzene rings is 1. The zero-order valence-electron chi connectivity index (χ0n) is 10.7. The lowest BCUT2D eigenvalue weighted by molar-refractivity contribution is 0.583. The fraction of sp³-hybridized carbons (Fsp3) is 0.385. The van der Waals surface area contributed by atoms with Gasteiger partial charge in [-0.2, -0.15) is 0 Å². The zero-order chi connectivity index (χ0) is 13.0. The van der Waals surface area contributed by atoms with E-state index in [0.717, 1.165) is 24.2 Å². The third-order valence-electron chi connectivity index (χ3n) is 2.76. The molecular formula is C13H17FN4. The summed E-state index contributed by atoms with van der Waals surface area (Å²) in [6, 6.07) is 5.10. The molecule has 0 radical (unpaired) electrons. The van der Waals surface area contributed by atoms with Gasteiger partial charge in [-0.3, -0.25) is 0 Å². The van der Waals surface area contributed by atoms with Crippen LogP contribution in [0.2, 0.25) is 0 Å². The Bertz CT molecular complexity index is 521. The Morgan fingerprint density at radius 3 is 2.94 bits per heavy atom. The van der Waals surface area contributed by atoms with E-state index in [1.165, 1.54) is 6.07 Å². The summed E-state index contributed by atoms with van der Waals surface area (Å²) < 4.78 is 15.4. The zero-order valence-corrected chi connectivity index (χ0v) is 10.7. The fourth-order valence-electron chi connectivity index (χ4n) is 1.92. The van der Waals surface area contributed by atoms with E-state index in [1.807, 2.05) is 10.7 Å². The molecule has 4 nitrogen and oxygen atoms in total. The van der Waals surface area contributed by atoms with Crippen molar-refractivity contribution < 1.29 is 4.39 Å². The number of nitrogens with one attached hydrogen (secondary N) is 1. The highest BCUT2D eigenvalue weighted by Gasteiger charge is 2.09. The minimum Gasteiger partial charge on any atom is -0.316 e. The first-order valence-corrected chi connectivity index (χ1v) is 6.08. The predicted octanol–water partition coefficient (Wildman–Crippen LogP) is 2.21. The first kappa shape index (κ1) is 12.7. The molecule has 0 amide bonds. The van der Waals surface area contributed by atoms with E-state index in [4.69, 9.17) is 0 Å². The molecule has 1 aromatic heterocycles. The Hall–Kier alpha value is -1.75. The van der Waals surface area contributed by atoms with Crippen LogP contribution in [0.15, 0.2) is 24.4 Å². The molecule has 1 heterocycles. The first-order chi connectivity index (χ1) is 8.76. The van der Waals surface area contributed by atoms with E-state index in [0.29, 0.717) is 12.1 Å². The Kier molecular flexibility index (Phi) is 4.04. The van der Waals surface area contributed by atoms with Crippen molar-refractivity contribution in [1.82, 2.24) is 20.3 Å². The second-order valence-electron chi connectivity index (χ2n) is 4.18. The van der Waals surface area contributed by atoms with Crippen LogP contribution in [0, 0.1) is 5.82 Å². The van der Waals surface area contributed by atoms with Crippen LogP contribution in [0.4, 0.5) is 4.39 Å². The van der Waals surface area contributed by atoms with E-state index in [1.54, 1.807) is 19.3 Å². The third-order valence-corrected chi connectivity index (χ3v) is 2.76. The Morgan fingerprint density at radius 1 is 1.39 bits per heavy atom. The van der Waals surface area contributed by atoms with Crippen LogP contribution in [0.5, 0.6) is 0 Å². The van der Waals surface area contributed by atoms with Gasteiger partial charge in [0, 0.05) is 24.2 Å². The van der Waals surface area contributed by atoms with Gasteiger partial charge in [0.15, 0.2) is 0 Å². The van der Waals surface area contributed by atoms with E-state index >= 15 is 0 Å². The summed E-state index contributed by atoms with van der Waals surface area (Å²) in [5.74, 6) is -0.192. The number of hydrogen-bond acceptors (Lipinski definition) is 3.